The van der Waals surface area contributed by atoms with Gasteiger partial charge in [-0.2, -0.15) is 0 Å². The number of benzene rings is 2. The summed E-state index contributed by atoms with van der Waals surface area (Å²) in [5, 5.41) is 6.20. The van der Waals surface area contributed by atoms with Crippen molar-refractivity contribution in [3.63, 3.8) is 0 Å². The lowest BCUT2D eigenvalue weighted by Gasteiger charge is -2.40. The molecule has 2 aromatic rings. The van der Waals surface area contributed by atoms with Crippen molar-refractivity contribution in [3.05, 3.63) is 60.2 Å². The van der Waals surface area contributed by atoms with Crippen LogP contribution in [0.2, 0.25) is 0 Å². The van der Waals surface area contributed by atoms with E-state index in [2.05, 4.69) is 67.1 Å². The Kier molecular flexibility index (Phi) is 19.7. The minimum Gasteiger partial charge on any atom is -0.379 e. The van der Waals surface area contributed by atoms with Gasteiger partial charge in [-0.05, 0) is 87.2 Å². The molecule has 1 aliphatic heterocycles. The molecule has 1 fully saturated rings. The molecule has 0 radical (unpaired) electrons. The summed E-state index contributed by atoms with van der Waals surface area (Å²) in [5.41, 5.74) is 1.16. The van der Waals surface area contributed by atoms with Gasteiger partial charge in [0.05, 0.1) is 30.0 Å². The highest BCUT2D eigenvalue weighted by molar-refractivity contribution is 8.00. The van der Waals surface area contributed by atoms with E-state index < -0.39 is 18.2 Å². The van der Waals surface area contributed by atoms with Crippen molar-refractivity contribution >= 4 is 47.2 Å². The smallest absolute Gasteiger partial charge is 0.245 e. The second kappa shape index (κ2) is 23.4. The van der Waals surface area contributed by atoms with Crippen LogP contribution in [0.15, 0.2) is 64.4 Å². The van der Waals surface area contributed by atoms with Crippen LogP contribution in [0.1, 0.15) is 85.6 Å². The van der Waals surface area contributed by atoms with E-state index in [-0.39, 0.29) is 65.3 Å². The van der Waals surface area contributed by atoms with E-state index in [4.69, 9.17) is 4.74 Å². The highest BCUT2D eigenvalue weighted by Gasteiger charge is 2.40. The number of ether oxygens (including phenoxy) is 1. The maximum Gasteiger partial charge on any atom is 0.245 e. The number of amides is 4. The van der Waals surface area contributed by atoms with Gasteiger partial charge in [0.2, 0.25) is 23.6 Å². The Hall–Kier alpha value is -3.06. The van der Waals surface area contributed by atoms with E-state index in [9.17, 15) is 19.2 Å². The van der Waals surface area contributed by atoms with E-state index in [1.165, 1.54) is 4.90 Å². The van der Waals surface area contributed by atoms with Gasteiger partial charge in [-0.15, -0.1) is 23.5 Å². The van der Waals surface area contributed by atoms with Gasteiger partial charge in [0.25, 0.3) is 0 Å². The number of rotatable bonds is 22. The second-order valence-electron chi connectivity index (χ2n) is 16.1. The van der Waals surface area contributed by atoms with Crippen molar-refractivity contribution in [2.75, 3.05) is 41.1 Å². The average molecular weight is 812 g/mol. The van der Waals surface area contributed by atoms with Crippen LogP contribution in [0.25, 0.3) is 0 Å². The summed E-state index contributed by atoms with van der Waals surface area (Å²) >= 11 is 3.36. The van der Waals surface area contributed by atoms with Crippen molar-refractivity contribution in [1.29, 1.82) is 0 Å². The normalized spacial score (nSPS) is 17.7. The Balaban J connectivity index is 1.69. The van der Waals surface area contributed by atoms with Gasteiger partial charge in [0.1, 0.15) is 6.04 Å². The number of nitrogens with zero attached hydrogens (tertiary/aromatic N) is 3. The molecule has 56 heavy (non-hydrogen) atoms. The summed E-state index contributed by atoms with van der Waals surface area (Å²) in [6, 6.07) is 17.1. The highest BCUT2D eigenvalue weighted by Crippen LogP contribution is 2.29. The molecule has 10 nitrogen and oxygen atoms in total. The van der Waals surface area contributed by atoms with Crippen LogP contribution in [0, 0.1) is 17.8 Å². The fourth-order valence-electron chi connectivity index (χ4n) is 7.91. The van der Waals surface area contributed by atoms with E-state index >= 15 is 0 Å². The maximum atomic E-state index is 14.2. The molecule has 4 amide bonds. The Labute approximate surface area is 346 Å². The number of likely N-dealkylation sites (N-methyl/N-ethyl adjacent to an activating group) is 2. The number of hydrogen-bond donors (Lipinski definition) is 2. The number of hydrogen-bond acceptors (Lipinski definition) is 8. The van der Waals surface area contributed by atoms with Crippen molar-refractivity contribution in [1.82, 2.24) is 25.3 Å². The van der Waals surface area contributed by atoms with Crippen molar-refractivity contribution < 1.29 is 23.9 Å². The Bertz CT molecular complexity index is 1520. The van der Waals surface area contributed by atoms with E-state index in [0.717, 1.165) is 29.7 Å². The lowest BCUT2D eigenvalue weighted by atomic mass is 9.89. The summed E-state index contributed by atoms with van der Waals surface area (Å²) in [7, 11) is 7.11. The molecule has 0 aromatic heterocycles. The van der Waals surface area contributed by atoms with Gasteiger partial charge < -0.3 is 25.2 Å². The first-order chi connectivity index (χ1) is 26.6. The number of nitrogens with one attached hydrogen (secondary N) is 2. The zero-order valence-corrected chi connectivity index (χ0v) is 37.4. The van der Waals surface area contributed by atoms with Crippen LogP contribution < -0.4 is 10.6 Å². The van der Waals surface area contributed by atoms with Gasteiger partial charge >= 0.3 is 0 Å². The number of carbonyl (C=O) groups is 4. The van der Waals surface area contributed by atoms with Crippen LogP contribution in [0.4, 0.5) is 0 Å². The Morgan fingerprint density at radius 1 is 0.911 bits per heavy atom. The third-order valence-electron chi connectivity index (χ3n) is 11.1. The molecule has 3 rings (SSSR count). The lowest BCUT2D eigenvalue weighted by Crippen LogP contribution is -2.59. The predicted molar refractivity (Wildman–Crippen MR) is 231 cm³/mol. The Morgan fingerprint density at radius 3 is 2.11 bits per heavy atom. The summed E-state index contributed by atoms with van der Waals surface area (Å²) in [4.78, 5) is 63.0. The average Bonchev–Trinajstić information content (AvgIpc) is 3.64. The SMILES string of the molecule is CCC(C)C(C(CC(=O)N1CCCC1CCC(=O)NC(Cc1ccccc1)Sc1ccc(SC)cc1)OC)N(C)C(=O)C(NC(=O)C(C(C)C)N(C)C)C(C)C. The first-order valence-corrected chi connectivity index (χ1v) is 22.4. The third-order valence-corrected chi connectivity index (χ3v) is 13.0. The number of carbonyl (C=O) groups excluding carboxylic acids is 4. The van der Waals surface area contributed by atoms with Gasteiger partial charge in [0, 0.05) is 49.4 Å². The van der Waals surface area contributed by atoms with E-state index in [1.807, 2.05) is 69.8 Å². The fourth-order valence-corrected chi connectivity index (χ4v) is 9.40. The van der Waals surface area contributed by atoms with Crippen molar-refractivity contribution in [2.45, 2.75) is 132 Å². The van der Waals surface area contributed by atoms with Crippen molar-refractivity contribution in [2.24, 2.45) is 17.8 Å². The molecular formula is C44H69N5O5S2. The monoisotopic (exact) mass is 811 g/mol. The van der Waals surface area contributed by atoms with E-state index in [1.54, 1.807) is 42.6 Å². The lowest BCUT2D eigenvalue weighted by molar-refractivity contribution is -0.146. The first kappa shape index (κ1) is 47.3. The number of likely N-dealkylation sites (tertiary alicyclic amines) is 1. The molecule has 0 bridgehead atoms. The number of thioether (sulfide) groups is 2. The zero-order chi connectivity index (χ0) is 41.5. The first-order valence-electron chi connectivity index (χ1n) is 20.3. The molecule has 1 saturated heterocycles. The van der Waals surface area contributed by atoms with Gasteiger partial charge in [-0.1, -0.05) is 78.3 Å². The largest absolute Gasteiger partial charge is 0.379 e. The quantitative estimate of drug-likeness (QED) is 0.0971. The molecule has 1 heterocycles. The highest BCUT2D eigenvalue weighted by atomic mass is 32.2. The molecule has 7 atom stereocenters. The third kappa shape index (κ3) is 13.8. The van der Waals surface area contributed by atoms with Gasteiger partial charge in [-0.3, -0.25) is 24.1 Å². The fraction of sp³-hybridized carbons (Fsp3) is 0.636. The maximum absolute atomic E-state index is 14.2. The van der Waals surface area contributed by atoms with Crippen LogP contribution >= 0.6 is 23.5 Å². The summed E-state index contributed by atoms with van der Waals surface area (Å²) in [5.74, 6) is -0.481. The van der Waals surface area contributed by atoms with Crippen LogP contribution in [-0.2, 0) is 30.3 Å². The number of methoxy groups -OCH3 is 1. The zero-order valence-electron chi connectivity index (χ0n) is 35.7. The standard InChI is InChI=1S/C44H69N5O5S2/c1-12-31(6)42(48(9)44(53)40(29(2)3)46-43(52)41(30(4)5)47(7)8)36(54-10)28-39(51)49-26-16-19-33(49)20-25-37(50)45-38(27-32-17-14-13-15-18-32)56-35-23-21-34(55-11)22-24-35/h13-15,17-18,21-24,29-31,33,36,38,40-42H,12,16,19-20,25-28H2,1-11H3,(H,45,50)(H,46,52). The molecule has 2 N–H and O–H groups in total. The Morgan fingerprint density at radius 2 is 1.55 bits per heavy atom. The van der Waals surface area contributed by atoms with Crippen LogP contribution in [-0.4, -0.2) is 115 Å². The second-order valence-corrected chi connectivity index (χ2v) is 18.3. The molecule has 0 spiro atoms. The molecular weight excluding hydrogens is 743 g/mol. The summed E-state index contributed by atoms with van der Waals surface area (Å²) in [6.45, 7) is 12.7. The molecule has 1 aliphatic rings. The van der Waals surface area contributed by atoms with Crippen molar-refractivity contribution in [3.8, 4) is 0 Å². The molecule has 0 saturated carbocycles. The molecule has 7 unspecified atom stereocenters. The van der Waals surface area contributed by atoms with E-state index in [0.29, 0.717) is 25.8 Å². The van der Waals surface area contributed by atoms with Crippen LogP contribution in [0.3, 0.4) is 0 Å². The molecule has 12 heteroatoms. The molecule has 2 aromatic carbocycles. The topological polar surface area (TPSA) is 111 Å². The summed E-state index contributed by atoms with van der Waals surface area (Å²) in [6.07, 6.45) is 5.71. The van der Waals surface area contributed by atoms with Gasteiger partial charge in [0.15, 0.2) is 0 Å². The molecule has 0 aliphatic carbocycles. The minimum absolute atomic E-state index is 0.0256. The summed E-state index contributed by atoms with van der Waals surface area (Å²) < 4.78 is 6.04. The van der Waals surface area contributed by atoms with Crippen LogP contribution in [0.5, 0.6) is 0 Å². The predicted octanol–water partition coefficient (Wildman–Crippen LogP) is 6.96. The van der Waals surface area contributed by atoms with Gasteiger partial charge in [-0.25, -0.2) is 0 Å². The molecule has 312 valence electrons. The minimum atomic E-state index is -0.728.